The Morgan fingerprint density at radius 1 is 1.04 bits per heavy atom. The summed E-state index contributed by atoms with van der Waals surface area (Å²) >= 11 is 0. The number of carbonyl (C=O) groups excluding carboxylic acids is 3. The number of nitrogens with one attached hydrogen (secondary N) is 2. The zero-order valence-electron chi connectivity index (χ0n) is 25.8. The van der Waals surface area contributed by atoms with Crippen molar-refractivity contribution in [2.75, 3.05) is 26.8 Å². The molecule has 2 aliphatic heterocycles. The van der Waals surface area contributed by atoms with Gasteiger partial charge in [-0.15, -0.1) is 0 Å². The van der Waals surface area contributed by atoms with Crippen LogP contribution in [0.3, 0.4) is 0 Å². The molecule has 2 N–H and O–H groups in total. The van der Waals surface area contributed by atoms with E-state index in [0.717, 1.165) is 17.0 Å². The number of benzene rings is 2. The number of hydrogen-bond donors (Lipinski definition) is 2. The standard InChI is InChI=1S/C33H35FN6O6/c1-19-10-20(2)40-30(36-19)15-25(38-40)33(43)39-9-8-27-26(17-39)37-32(42)18-45-29-13-21(4-6-28(29)44-3)5-7-31(41)35-16-22-11-23(34)14-24(12-22)46-27/h4,6,10-15,26-27H,5,7-9,16-18H2,1-3H3,(H,35,41)(H,37,42)/t26-,27-/m1/s1. The van der Waals surface area contributed by atoms with Gasteiger partial charge < -0.3 is 29.7 Å². The topological polar surface area (TPSA) is 136 Å². The van der Waals surface area contributed by atoms with E-state index in [0.29, 0.717) is 42.1 Å². The van der Waals surface area contributed by atoms with Crippen LogP contribution in [0.4, 0.5) is 4.39 Å². The molecule has 6 rings (SSSR count). The number of nitrogens with zero attached hydrogens (tertiary/aromatic N) is 4. The molecule has 2 aromatic carbocycles. The number of aryl methyl sites for hydroxylation is 3. The number of carbonyl (C=O) groups is 3. The van der Waals surface area contributed by atoms with Gasteiger partial charge in [0.05, 0.1) is 13.2 Å². The van der Waals surface area contributed by atoms with Crippen molar-refractivity contribution in [3.63, 3.8) is 0 Å². The van der Waals surface area contributed by atoms with Crippen molar-refractivity contribution in [3.05, 3.63) is 82.6 Å². The molecule has 2 atom stereocenters. The van der Waals surface area contributed by atoms with Crippen LogP contribution in [0.2, 0.25) is 0 Å². The molecule has 12 nitrogen and oxygen atoms in total. The number of methoxy groups -OCH3 is 1. The highest BCUT2D eigenvalue weighted by Gasteiger charge is 2.35. The molecule has 3 amide bonds. The highest BCUT2D eigenvalue weighted by Crippen LogP contribution is 2.29. The Morgan fingerprint density at radius 3 is 2.72 bits per heavy atom. The summed E-state index contributed by atoms with van der Waals surface area (Å²) < 4.78 is 33.8. The number of likely N-dealkylation sites (tertiary alicyclic amines) is 1. The summed E-state index contributed by atoms with van der Waals surface area (Å²) in [6, 6.07) is 12.4. The smallest absolute Gasteiger partial charge is 0.274 e. The van der Waals surface area contributed by atoms with E-state index in [-0.39, 0.29) is 49.4 Å². The summed E-state index contributed by atoms with van der Waals surface area (Å²) in [5, 5.41) is 10.3. The average Bonchev–Trinajstić information content (AvgIpc) is 3.46. The van der Waals surface area contributed by atoms with Crippen LogP contribution in [0.5, 0.6) is 17.2 Å². The first-order chi connectivity index (χ1) is 22.1. The van der Waals surface area contributed by atoms with Crippen LogP contribution >= 0.6 is 0 Å². The van der Waals surface area contributed by atoms with Crippen molar-refractivity contribution < 1.29 is 33.0 Å². The lowest BCUT2D eigenvalue weighted by Crippen LogP contribution is -2.58. The van der Waals surface area contributed by atoms with Crippen LogP contribution < -0.4 is 24.8 Å². The molecule has 0 saturated carbocycles. The van der Waals surface area contributed by atoms with Crippen molar-refractivity contribution >= 4 is 23.4 Å². The van der Waals surface area contributed by atoms with E-state index in [1.54, 1.807) is 33.7 Å². The molecule has 2 aliphatic rings. The van der Waals surface area contributed by atoms with Crippen LogP contribution in [0.25, 0.3) is 5.65 Å². The number of piperidine rings is 1. The quantitative estimate of drug-likeness (QED) is 0.345. The number of ether oxygens (including phenoxy) is 3. The Bertz CT molecular complexity index is 1810. The van der Waals surface area contributed by atoms with Gasteiger partial charge >= 0.3 is 0 Å². The van der Waals surface area contributed by atoms with Crippen molar-refractivity contribution in [1.82, 2.24) is 30.1 Å². The zero-order chi connectivity index (χ0) is 32.4. The minimum absolute atomic E-state index is 0.115. The van der Waals surface area contributed by atoms with Gasteiger partial charge in [-0.05, 0) is 61.7 Å². The van der Waals surface area contributed by atoms with E-state index in [4.69, 9.17) is 14.2 Å². The maximum Gasteiger partial charge on any atom is 0.274 e. The summed E-state index contributed by atoms with van der Waals surface area (Å²) in [5.74, 6) is -0.410. The molecule has 1 saturated heterocycles. The molecule has 240 valence electrons. The van der Waals surface area contributed by atoms with Gasteiger partial charge in [-0.25, -0.2) is 13.9 Å². The minimum atomic E-state index is -0.661. The maximum absolute atomic E-state index is 14.6. The second-order valence-corrected chi connectivity index (χ2v) is 11.6. The number of halogens is 1. The number of amides is 3. The SMILES string of the molecule is COc1ccc2cc1OCC(=O)N[C@@H]1CN(C(=O)c3cc4nc(C)cc(C)n4n3)CC[C@H]1Oc1cc(F)cc(c1)CNC(=O)CC2. The second kappa shape index (κ2) is 13.0. The zero-order valence-corrected chi connectivity index (χ0v) is 25.8. The lowest BCUT2D eigenvalue weighted by Gasteiger charge is -2.38. The van der Waals surface area contributed by atoms with Crippen LogP contribution in [-0.2, 0) is 22.6 Å². The van der Waals surface area contributed by atoms with Crippen LogP contribution in [0, 0.1) is 19.7 Å². The van der Waals surface area contributed by atoms with E-state index < -0.39 is 23.9 Å². The summed E-state index contributed by atoms with van der Waals surface area (Å²) in [7, 11) is 1.50. The third kappa shape index (κ3) is 6.87. The molecule has 4 bridgehead atoms. The van der Waals surface area contributed by atoms with E-state index in [2.05, 4.69) is 20.7 Å². The molecule has 4 heterocycles. The van der Waals surface area contributed by atoms with Gasteiger partial charge in [0.1, 0.15) is 17.7 Å². The Balaban J connectivity index is 1.27. The fourth-order valence-corrected chi connectivity index (χ4v) is 5.84. The van der Waals surface area contributed by atoms with Gasteiger partial charge in [0, 0.05) is 56.0 Å². The predicted octanol–water partition coefficient (Wildman–Crippen LogP) is 2.91. The maximum atomic E-state index is 14.6. The van der Waals surface area contributed by atoms with Gasteiger partial charge in [-0.2, -0.15) is 5.10 Å². The molecule has 13 heteroatoms. The Morgan fingerprint density at radius 2 is 1.89 bits per heavy atom. The molecule has 46 heavy (non-hydrogen) atoms. The van der Waals surface area contributed by atoms with Gasteiger partial charge in [0.15, 0.2) is 29.4 Å². The monoisotopic (exact) mass is 630 g/mol. The summed E-state index contributed by atoms with van der Waals surface area (Å²) in [5.41, 5.74) is 3.82. The molecule has 0 unspecified atom stereocenters. The highest BCUT2D eigenvalue weighted by atomic mass is 19.1. The van der Waals surface area contributed by atoms with Crippen molar-refractivity contribution in [1.29, 1.82) is 0 Å². The van der Waals surface area contributed by atoms with E-state index in [1.165, 1.54) is 19.2 Å². The molecule has 4 aromatic rings. The third-order valence-electron chi connectivity index (χ3n) is 8.07. The number of fused-ring (bicyclic) bond motifs is 6. The molecular formula is C33H35FN6O6. The molecular weight excluding hydrogens is 595 g/mol. The van der Waals surface area contributed by atoms with Crippen molar-refractivity contribution in [2.45, 2.75) is 51.8 Å². The van der Waals surface area contributed by atoms with E-state index in [9.17, 15) is 18.8 Å². The minimum Gasteiger partial charge on any atom is -0.493 e. The largest absolute Gasteiger partial charge is 0.493 e. The molecule has 0 spiro atoms. The number of rotatable bonds is 2. The molecule has 0 aliphatic carbocycles. The predicted molar refractivity (Wildman–Crippen MR) is 164 cm³/mol. The van der Waals surface area contributed by atoms with E-state index >= 15 is 0 Å². The van der Waals surface area contributed by atoms with Crippen LogP contribution in [0.15, 0.2) is 48.5 Å². The van der Waals surface area contributed by atoms with Gasteiger partial charge in [0.2, 0.25) is 5.91 Å². The first-order valence-corrected chi connectivity index (χ1v) is 15.1. The first kappa shape index (κ1) is 30.8. The first-order valence-electron chi connectivity index (χ1n) is 15.1. The fourth-order valence-electron chi connectivity index (χ4n) is 5.84. The normalized spacial score (nSPS) is 19.1. The average molecular weight is 631 g/mol. The summed E-state index contributed by atoms with van der Waals surface area (Å²) in [6.07, 6.45) is 0.376. The number of aromatic nitrogens is 3. The fraction of sp³-hybridized carbons (Fsp3) is 0.364. The summed E-state index contributed by atoms with van der Waals surface area (Å²) in [4.78, 5) is 45.6. The molecule has 1 fully saturated rings. The highest BCUT2D eigenvalue weighted by molar-refractivity contribution is 5.93. The Labute approximate surface area is 264 Å². The van der Waals surface area contributed by atoms with Crippen molar-refractivity contribution in [2.24, 2.45) is 0 Å². The third-order valence-corrected chi connectivity index (χ3v) is 8.07. The van der Waals surface area contributed by atoms with Gasteiger partial charge in [0.25, 0.3) is 11.8 Å². The Hall–Kier alpha value is -5.20. The lowest BCUT2D eigenvalue weighted by atomic mass is 10.0. The summed E-state index contributed by atoms with van der Waals surface area (Å²) in [6.45, 7) is 3.98. The second-order valence-electron chi connectivity index (χ2n) is 11.6. The van der Waals surface area contributed by atoms with Crippen LogP contribution in [-0.4, -0.2) is 76.2 Å². The van der Waals surface area contributed by atoms with Gasteiger partial charge in [-0.1, -0.05) is 6.07 Å². The number of hydrogen-bond acceptors (Lipinski definition) is 8. The van der Waals surface area contributed by atoms with Crippen molar-refractivity contribution in [3.8, 4) is 17.2 Å². The molecule has 2 aromatic heterocycles. The molecule has 0 radical (unpaired) electrons. The van der Waals surface area contributed by atoms with Crippen LogP contribution in [0.1, 0.15) is 45.8 Å². The van der Waals surface area contributed by atoms with E-state index in [1.807, 2.05) is 26.0 Å². The Kier molecular flexibility index (Phi) is 8.73. The van der Waals surface area contributed by atoms with Gasteiger partial charge in [-0.3, -0.25) is 14.4 Å². The lowest BCUT2D eigenvalue weighted by molar-refractivity contribution is -0.125.